The molecule has 1 aromatic rings. The van der Waals surface area contributed by atoms with Crippen molar-refractivity contribution in [2.24, 2.45) is 0 Å². The second-order valence-corrected chi connectivity index (χ2v) is 6.11. The number of Topliss-reactive ketones (excluding diaryl/α,β-unsaturated/α-hetero) is 1. The molecule has 1 saturated carbocycles. The van der Waals surface area contributed by atoms with E-state index in [9.17, 15) is 14.8 Å². The molecule has 0 N–H and O–H groups in total. The van der Waals surface area contributed by atoms with Crippen LogP contribution in [0.2, 0.25) is 0 Å². The molecule has 0 saturated heterocycles. The minimum atomic E-state index is -0.755. The number of hydrogen-bond donors (Lipinski definition) is 0. The fraction of sp³-hybridized carbons (Fsp3) is 0.333. The molecular formula is C15H14BrNO4. The van der Waals surface area contributed by atoms with Crippen molar-refractivity contribution in [2.75, 3.05) is 6.61 Å². The summed E-state index contributed by atoms with van der Waals surface area (Å²) in [6.07, 6.45) is 2.79. The predicted octanol–water partition coefficient (Wildman–Crippen LogP) is 3.06. The van der Waals surface area contributed by atoms with E-state index in [1.54, 1.807) is 25.1 Å². The van der Waals surface area contributed by atoms with Crippen molar-refractivity contribution in [1.29, 1.82) is 0 Å². The molecule has 0 bridgehead atoms. The molecule has 1 aliphatic carbocycles. The Bertz CT molecular complexity index is 666. The maximum Gasteiger partial charge on any atom is 0.347 e. The first-order valence-corrected chi connectivity index (χ1v) is 7.61. The van der Waals surface area contributed by atoms with E-state index < -0.39 is 16.4 Å². The van der Waals surface area contributed by atoms with E-state index in [0.717, 1.165) is 17.3 Å². The van der Waals surface area contributed by atoms with Gasteiger partial charge >= 0.3 is 5.97 Å². The van der Waals surface area contributed by atoms with Crippen molar-refractivity contribution >= 4 is 33.4 Å². The van der Waals surface area contributed by atoms with Gasteiger partial charge in [-0.2, -0.15) is 0 Å². The summed E-state index contributed by atoms with van der Waals surface area (Å²) in [5.41, 5.74) is 0.518. The lowest BCUT2D eigenvalue weighted by Crippen LogP contribution is -2.45. The van der Waals surface area contributed by atoms with Crippen LogP contribution in [0, 0.1) is 5.21 Å². The topological polar surface area (TPSA) is 66.4 Å². The number of ketones is 1. The Morgan fingerprint density at radius 3 is 2.81 bits per heavy atom. The summed E-state index contributed by atoms with van der Waals surface area (Å²) in [7, 11) is 0. The third kappa shape index (κ3) is 2.33. The zero-order valence-corrected chi connectivity index (χ0v) is 13.1. The number of carbonyl (C=O) groups excluding carboxylic acids is 2. The maximum absolute atomic E-state index is 13.2. The van der Waals surface area contributed by atoms with E-state index >= 15 is 0 Å². The number of ether oxygens (including phenoxy) is 1. The molecule has 0 radical (unpaired) electrons. The minimum absolute atomic E-state index is 0.129. The lowest BCUT2D eigenvalue weighted by atomic mass is 9.97. The molecule has 3 rings (SSSR count). The zero-order valence-electron chi connectivity index (χ0n) is 11.5. The molecule has 1 unspecified atom stereocenters. The van der Waals surface area contributed by atoms with Crippen LogP contribution >= 0.6 is 15.9 Å². The third-order valence-electron chi connectivity index (χ3n) is 3.73. The van der Waals surface area contributed by atoms with E-state index in [2.05, 4.69) is 15.9 Å². The van der Waals surface area contributed by atoms with Crippen molar-refractivity contribution in [1.82, 2.24) is 4.65 Å². The molecular weight excluding hydrogens is 338 g/mol. The van der Waals surface area contributed by atoms with Crippen molar-refractivity contribution in [3.63, 3.8) is 0 Å². The number of benzene rings is 1. The quantitative estimate of drug-likeness (QED) is 0.363. The molecule has 1 atom stereocenters. The van der Waals surface area contributed by atoms with Gasteiger partial charge in [0, 0.05) is 23.4 Å². The Morgan fingerprint density at radius 1 is 1.48 bits per heavy atom. The van der Waals surface area contributed by atoms with Gasteiger partial charge in [-0.25, -0.2) is 4.79 Å². The molecule has 110 valence electrons. The highest BCUT2D eigenvalue weighted by atomic mass is 79.9. The molecule has 6 heteroatoms. The van der Waals surface area contributed by atoms with Gasteiger partial charge < -0.3 is 9.94 Å². The smallest absolute Gasteiger partial charge is 0.347 e. The van der Waals surface area contributed by atoms with Crippen LogP contribution in [-0.4, -0.2) is 24.4 Å². The number of fused-ring (bicyclic) bond motifs is 1. The largest absolute Gasteiger partial charge is 0.622 e. The average molecular weight is 352 g/mol. The van der Waals surface area contributed by atoms with Crippen LogP contribution in [0.15, 0.2) is 34.4 Å². The fourth-order valence-electron chi connectivity index (χ4n) is 2.57. The van der Waals surface area contributed by atoms with Crippen LogP contribution in [0.4, 0.5) is 5.69 Å². The molecule has 0 spiro atoms. The Labute approximate surface area is 130 Å². The molecule has 0 amide bonds. The van der Waals surface area contributed by atoms with Crippen molar-refractivity contribution in [3.05, 3.63) is 45.2 Å². The molecule has 0 aromatic heterocycles. The minimum Gasteiger partial charge on any atom is -0.622 e. The number of esters is 1. The third-order valence-corrected chi connectivity index (χ3v) is 4.22. The number of hydroxylamine groups is 2. The Morgan fingerprint density at radius 2 is 2.19 bits per heavy atom. The highest BCUT2D eigenvalue weighted by Gasteiger charge is 2.46. The van der Waals surface area contributed by atoms with Gasteiger partial charge in [0.05, 0.1) is 18.2 Å². The predicted molar refractivity (Wildman–Crippen MR) is 81.4 cm³/mol. The van der Waals surface area contributed by atoms with Gasteiger partial charge in [-0.15, -0.1) is 0 Å². The van der Waals surface area contributed by atoms with Gasteiger partial charge in [-0.1, -0.05) is 15.9 Å². The number of rotatable bonds is 3. The summed E-state index contributed by atoms with van der Waals surface area (Å²) in [5, 5.41) is 13.2. The first kappa shape index (κ1) is 14.4. The zero-order chi connectivity index (χ0) is 15.2. The highest BCUT2D eigenvalue weighted by molar-refractivity contribution is 9.10. The Hall–Kier alpha value is -1.50. The standard InChI is InChI=1S/C15H14BrNO4/c1-2-21-15(19)12-8-17(20,10-4-5-10)13-7-9(16)3-6-11(13)14(12)18/h3,6-8,10H,2,4-5H2,1H3. The average Bonchev–Trinajstić information content (AvgIpc) is 3.28. The van der Waals surface area contributed by atoms with Crippen LogP contribution in [0.25, 0.3) is 0 Å². The Balaban J connectivity index is 2.15. The second-order valence-electron chi connectivity index (χ2n) is 5.19. The normalized spacial score (nSPS) is 24.3. The van der Waals surface area contributed by atoms with E-state index in [4.69, 9.17) is 4.74 Å². The molecule has 2 aliphatic rings. The Kier molecular flexibility index (Phi) is 3.47. The number of quaternary nitrogens is 1. The molecule has 1 aromatic carbocycles. The molecule has 1 heterocycles. The lowest BCUT2D eigenvalue weighted by Gasteiger charge is -2.42. The summed E-state index contributed by atoms with van der Waals surface area (Å²) in [4.78, 5) is 24.4. The summed E-state index contributed by atoms with van der Waals surface area (Å²) in [6, 6.07) is 4.82. The van der Waals surface area contributed by atoms with Gasteiger partial charge in [0.25, 0.3) is 0 Å². The van der Waals surface area contributed by atoms with Crippen LogP contribution < -0.4 is 4.65 Å². The summed E-state index contributed by atoms with van der Waals surface area (Å²) >= 11 is 3.33. The maximum atomic E-state index is 13.2. The van der Waals surface area contributed by atoms with Gasteiger partial charge in [-0.05, 0) is 19.1 Å². The molecule has 1 aliphatic heterocycles. The highest BCUT2D eigenvalue weighted by Crippen LogP contribution is 2.45. The van der Waals surface area contributed by atoms with Gasteiger partial charge in [-0.3, -0.25) is 9.44 Å². The number of carbonyl (C=O) groups is 2. The summed E-state index contributed by atoms with van der Waals surface area (Å²) in [6.45, 7) is 1.83. The second kappa shape index (κ2) is 5.05. The van der Waals surface area contributed by atoms with Crippen molar-refractivity contribution in [2.45, 2.75) is 25.8 Å². The molecule has 5 nitrogen and oxygen atoms in total. The first-order valence-electron chi connectivity index (χ1n) is 6.81. The number of hydrogen-bond acceptors (Lipinski definition) is 4. The fourth-order valence-corrected chi connectivity index (χ4v) is 2.91. The van der Waals surface area contributed by atoms with Crippen LogP contribution in [0.3, 0.4) is 0 Å². The van der Waals surface area contributed by atoms with Gasteiger partial charge in [0.1, 0.15) is 11.9 Å². The monoisotopic (exact) mass is 351 g/mol. The van der Waals surface area contributed by atoms with E-state index in [0.29, 0.717) is 5.69 Å². The van der Waals surface area contributed by atoms with Crippen LogP contribution in [0.5, 0.6) is 0 Å². The summed E-state index contributed by atoms with van der Waals surface area (Å²) < 4.78 is 4.88. The first-order chi connectivity index (χ1) is 9.97. The van der Waals surface area contributed by atoms with Gasteiger partial charge in [0.15, 0.2) is 5.57 Å². The molecule has 1 fully saturated rings. The van der Waals surface area contributed by atoms with Gasteiger partial charge in [0.2, 0.25) is 5.78 Å². The van der Waals surface area contributed by atoms with Crippen molar-refractivity contribution < 1.29 is 14.3 Å². The van der Waals surface area contributed by atoms with Crippen LogP contribution in [0.1, 0.15) is 30.1 Å². The molecule has 21 heavy (non-hydrogen) atoms. The van der Waals surface area contributed by atoms with Crippen molar-refractivity contribution in [3.8, 4) is 0 Å². The lowest BCUT2D eigenvalue weighted by molar-refractivity contribution is -0.138. The van der Waals surface area contributed by atoms with E-state index in [1.807, 2.05) is 0 Å². The number of nitrogens with zero attached hydrogens (tertiary/aromatic N) is 1. The van der Waals surface area contributed by atoms with Crippen LogP contribution in [-0.2, 0) is 9.53 Å². The SMILES string of the molecule is CCOC(=O)C1=C[N+]([O-])(C2CC2)c2cc(Br)ccc2C1=O. The number of halogens is 1. The van der Waals surface area contributed by atoms with E-state index in [-0.39, 0.29) is 23.8 Å². The van der Waals surface area contributed by atoms with E-state index in [1.165, 1.54) is 6.20 Å². The summed E-state index contributed by atoms with van der Waals surface area (Å²) in [5.74, 6) is -1.17.